The quantitative estimate of drug-likeness (QED) is 0.246. The number of hydrogen-bond acceptors (Lipinski definition) is 5. The molecule has 0 aliphatic heterocycles. The zero-order valence-electron chi connectivity index (χ0n) is 19.7. The summed E-state index contributed by atoms with van der Waals surface area (Å²) in [5.41, 5.74) is 3.51. The number of phenols is 1. The number of carbonyl (C=O) groups is 2. The van der Waals surface area contributed by atoms with Crippen LogP contribution in [-0.2, 0) is 16.1 Å². The van der Waals surface area contributed by atoms with E-state index in [1.807, 2.05) is 62.4 Å². The van der Waals surface area contributed by atoms with Gasteiger partial charge in [0.15, 0.2) is 0 Å². The van der Waals surface area contributed by atoms with E-state index in [0.29, 0.717) is 29.4 Å². The molecule has 0 saturated carbocycles. The van der Waals surface area contributed by atoms with Gasteiger partial charge < -0.3 is 19.6 Å². The molecule has 0 spiro atoms. The molecule has 2 N–H and O–H groups in total. The van der Waals surface area contributed by atoms with Crippen molar-refractivity contribution in [1.29, 1.82) is 0 Å². The van der Waals surface area contributed by atoms with E-state index in [-0.39, 0.29) is 18.3 Å². The van der Waals surface area contributed by atoms with Crippen LogP contribution in [0.1, 0.15) is 35.3 Å². The van der Waals surface area contributed by atoms with Gasteiger partial charge in [0.2, 0.25) is 0 Å². The number of rotatable bonds is 8. The molecule has 0 unspecified atom stereocenters. The summed E-state index contributed by atoms with van der Waals surface area (Å²) < 4.78 is 11.4. The van der Waals surface area contributed by atoms with Crippen LogP contribution in [0.3, 0.4) is 0 Å². The highest BCUT2D eigenvalue weighted by atomic mass is 16.5. The Morgan fingerprint density at radius 2 is 1.71 bits per heavy atom. The van der Waals surface area contributed by atoms with Crippen molar-refractivity contribution in [3.05, 3.63) is 95.6 Å². The third-order valence-electron chi connectivity index (χ3n) is 5.40. The number of benzene rings is 3. The van der Waals surface area contributed by atoms with Gasteiger partial charge in [-0.1, -0.05) is 68.4 Å². The predicted octanol–water partition coefficient (Wildman–Crippen LogP) is 5.95. The van der Waals surface area contributed by atoms with Crippen molar-refractivity contribution in [2.24, 2.45) is 5.92 Å². The average molecular weight is 470 g/mol. The second kappa shape index (κ2) is 10.7. The fraction of sp³-hybridized carbons (Fsp3) is 0.172. The van der Waals surface area contributed by atoms with E-state index in [2.05, 4.69) is 5.32 Å². The minimum absolute atomic E-state index is 0.112. The van der Waals surface area contributed by atoms with E-state index in [4.69, 9.17) is 9.15 Å². The van der Waals surface area contributed by atoms with E-state index in [9.17, 15) is 14.7 Å². The maximum absolute atomic E-state index is 13.0. The Morgan fingerprint density at radius 1 is 1.00 bits per heavy atom. The van der Waals surface area contributed by atoms with Crippen molar-refractivity contribution in [3.63, 3.8) is 0 Å². The van der Waals surface area contributed by atoms with Gasteiger partial charge in [-0.15, -0.1) is 0 Å². The lowest BCUT2D eigenvalue weighted by Gasteiger charge is -2.09. The van der Waals surface area contributed by atoms with Gasteiger partial charge in [-0.3, -0.25) is 4.79 Å². The van der Waals surface area contributed by atoms with Crippen LogP contribution in [0.2, 0.25) is 0 Å². The number of fused-ring (bicyclic) bond motifs is 1. The van der Waals surface area contributed by atoms with Crippen LogP contribution in [0, 0.1) is 5.92 Å². The van der Waals surface area contributed by atoms with Gasteiger partial charge in [0.05, 0.1) is 5.56 Å². The largest absolute Gasteiger partial charge is 0.508 e. The maximum Gasteiger partial charge on any atom is 0.331 e. The monoisotopic (exact) mass is 469 g/mol. The molecule has 0 atom stereocenters. The molecule has 4 aromatic rings. The number of para-hydroxylation sites is 1. The molecule has 4 rings (SSSR count). The second-order valence-electron chi connectivity index (χ2n) is 8.64. The lowest BCUT2D eigenvalue weighted by atomic mass is 10.0. The molecule has 0 bridgehead atoms. The number of nitrogens with one attached hydrogen (secondary N) is 1. The average Bonchev–Trinajstić information content (AvgIpc) is 3.25. The Labute approximate surface area is 203 Å². The molecule has 1 amide bonds. The summed E-state index contributed by atoms with van der Waals surface area (Å²) in [6, 6.07) is 21.4. The van der Waals surface area contributed by atoms with Crippen LogP contribution in [-0.4, -0.2) is 23.5 Å². The lowest BCUT2D eigenvalue weighted by molar-refractivity contribution is -0.138. The van der Waals surface area contributed by atoms with Crippen molar-refractivity contribution in [2.75, 3.05) is 6.54 Å². The standard InChI is InChI=1S/C29H27NO5/c1-19(2)17-30-29(33)27-24-5-3-4-6-25(24)35-28(27)22-12-7-21(8-13-22)18-34-26(32)16-11-20-9-14-23(31)15-10-20/h3-16,19,31H,17-18H2,1-2H3,(H,30,33)/b16-11+. The van der Waals surface area contributed by atoms with Crippen molar-refractivity contribution >= 4 is 28.9 Å². The summed E-state index contributed by atoms with van der Waals surface area (Å²) in [6.07, 6.45) is 2.97. The third-order valence-corrected chi connectivity index (χ3v) is 5.40. The SMILES string of the molecule is CC(C)CNC(=O)c1c(-c2ccc(COC(=O)/C=C/c3ccc(O)cc3)cc2)oc2ccccc12. The van der Waals surface area contributed by atoms with Crippen LogP contribution in [0.5, 0.6) is 5.75 Å². The van der Waals surface area contributed by atoms with Crippen LogP contribution in [0.25, 0.3) is 28.4 Å². The minimum atomic E-state index is -0.469. The molecular weight excluding hydrogens is 442 g/mol. The second-order valence-corrected chi connectivity index (χ2v) is 8.64. The van der Waals surface area contributed by atoms with Gasteiger partial charge in [-0.25, -0.2) is 4.79 Å². The van der Waals surface area contributed by atoms with Crippen LogP contribution < -0.4 is 5.32 Å². The molecule has 6 nitrogen and oxygen atoms in total. The molecule has 1 aromatic heterocycles. The van der Waals surface area contributed by atoms with E-state index in [1.165, 1.54) is 6.08 Å². The topological polar surface area (TPSA) is 88.8 Å². The molecule has 0 radical (unpaired) electrons. The Bertz CT molecular complexity index is 1350. The summed E-state index contributed by atoms with van der Waals surface area (Å²) >= 11 is 0. The van der Waals surface area contributed by atoms with E-state index in [0.717, 1.165) is 22.1 Å². The van der Waals surface area contributed by atoms with Crippen molar-refractivity contribution in [2.45, 2.75) is 20.5 Å². The summed E-state index contributed by atoms with van der Waals surface area (Å²) in [5, 5.41) is 13.1. The lowest BCUT2D eigenvalue weighted by Crippen LogP contribution is -2.27. The summed E-state index contributed by atoms with van der Waals surface area (Å²) in [6.45, 7) is 4.77. The van der Waals surface area contributed by atoms with Gasteiger partial charge in [-0.05, 0) is 41.3 Å². The van der Waals surface area contributed by atoms with Crippen LogP contribution in [0.4, 0.5) is 0 Å². The normalized spacial score (nSPS) is 11.3. The van der Waals surface area contributed by atoms with Crippen molar-refractivity contribution < 1.29 is 23.8 Å². The zero-order valence-corrected chi connectivity index (χ0v) is 19.7. The number of phenolic OH excluding ortho intramolecular Hbond substituents is 1. The molecule has 1 heterocycles. The Balaban J connectivity index is 1.47. The number of esters is 1. The van der Waals surface area contributed by atoms with Crippen molar-refractivity contribution in [3.8, 4) is 17.1 Å². The molecule has 0 saturated heterocycles. The molecule has 35 heavy (non-hydrogen) atoms. The van der Waals surface area contributed by atoms with Gasteiger partial charge in [0.1, 0.15) is 23.7 Å². The highest BCUT2D eigenvalue weighted by molar-refractivity contribution is 6.11. The fourth-order valence-corrected chi connectivity index (χ4v) is 3.56. The first kappa shape index (κ1) is 23.8. The van der Waals surface area contributed by atoms with Gasteiger partial charge in [-0.2, -0.15) is 0 Å². The number of furan rings is 1. The van der Waals surface area contributed by atoms with E-state index in [1.54, 1.807) is 30.3 Å². The van der Waals surface area contributed by atoms with E-state index >= 15 is 0 Å². The summed E-state index contributed by atoms with van der Waals surface area (Å²) in [7, 11) is 0. The first-order valence-electron chi connectivity index (χ1n) is 11.4. The first-order chi connectivity index (χ1) is 16.9. The number of aromatic hydroxyl groups is 1. The van der Waals surface area contributed by atoms with Crippen LogP contribution in [0.15, 0.2) is 83.3 Å². The predicted molar refractivity (Wildman–Crippen MR) is 136 cm³/mol. The maximum atomic E-state index is 13.0. The third kappa shape index (κ3) is 5.98. The molecule has 0 aliphatic carbocycles. The fourth-order valence-electron chi connectivity index (χ4n) is 3.56. The number of amides is 1. The smallest absolute Gasteiger partial charge is 0.331 e. The Hall–Kier alpha value is -4.32. The highest BCUT2D eigenvalue weighted by Crippen LogP contribution is 2.33. The minimum Gasteiger partial charge on any atom is -0.508 e. The zero-order chi connectivity index (χ0) is 24.8. The molecular formula is C29H27NO5. The molecule has 0 fully saturated rings. The summed E-state index contributed by atoms with van der Waals surface area (Å²) in [5.74, 6) is 0.367. The molecule has 3 aromatic carbocycles. The Morgan fingerprint density at radius 3 is 2.43 bits per heavy atom. The Kier molecular flexibility index (Phi) is 7.31. The first-order valence-corrected chi connectivity index (χ1v) is 11.4. The highest BCUT2D eigenvalue weighted by Gasteiger charge is 2.22. The number of hydrogen-bond donors (Lipinski definition) is 2. The van der Waals surface area contributed by atoms with E-state index < -0.39 is 5.97 Å². The van der Waals surface area contributed by atoms with Gasteiger partial charge in [0.25, 0.3) is 5.91 Å². The van der Waals surface area contributed by atoms with Gasteiger partial charge >= 0.3 is 5.97 Å². The van der Waals surface area contributed by atoms with Crippen molar-refractivity contribution in [1.82, 2.24) is 5.32 Å². The number of carbonyl (C=O) groups excluding carboxylic acids is 2. The molecule has 6 heteroatoms. The molecule has 178 valence electrons. The number of ether oxygens (including phenoxy) is 1. The van der Waals surface area contributed by atoms with Crippen LogP contribution >= 0.6 is 0 Å². The summed E-state index contributed by atoms with van der Waals surface area (Å²) in [4.78, 5) is 25.1. The van der Waals surface area contributed by atoms with Gasteiger partial charge in [0, 0.05) is 23.6 Å². The molecule has 0 aliphatic rings.